The van der Waals surface area contributed by atoms with E-state index in [9.17, 15) is 24.3 Å². The first-order chi connectivity index (χ1) is 15.7. The van der Waals surface area contributed by atoms with E-state index in [1.165, 1.54) is 0 Å². The number of carbonyl (C=O) groups is 3. The molecule has 0 radical (unpaired) electrons. The van der Waals surface area contributed by atoms with E-state index in [1.54, 1.807) is 19.1 Å². The van der Waals surface area contributed by atoms with E-state index in [0.717, 1.165) is 16.9 Å². The van der Waals surface area contributed by atoms with Crippen molar-refractivity contribution in [2.24, 2.45) is 0 Å². The van der Waals surface area contributed by atoms with Crippen LogP contribution in [0.4, 0.5) is 5.13 Å². The molecule has 1 aromatic carbocycles. The first-order valence-corrected chi connectivity index (χ1v) is 10.8. The Balaban J connectivity index is 1.74. The van der Waals surface area contributed by atoms with Gasteiger partial charge in [-0.25, -0.2) is 9.78 Å². The molecule has 2 aromatic heterocycles. The molecule has 4 N–H and O–H groups in total. The summed E-state index contributed by atoms with van der Waals surface area (Å²) < 4.78 is 0. The number of carboxylic acids is 2. The van der Waals surface area contributed by atoms with E-state index < -0.39 is 30.3 Å². The van der Waals surface area contributed by atoms with Crippen molar-refractivity contribution in [3.05, 3.63) is 44.9 Å². The molecule has 0 aliphatic heterocycles. The summed E-state index contributed by atoms with van der Waals surface area (Å²) in [6, 6.07) is 4.02. The Morgan fingerprint density at radius 3 is 2.67 bits per heavy atom. The Morgan fingerprint density at radius 2 is 2.00 bits per heavy atom. The van der Waals surface area contributed by atoms with Crippen LogP contribution in [0, 0.1) is 6.92 Å². The summed E-state index contributed by atoms with van der Waals surface area (Å²) in [6.45, 7) is 4.54. The number of aromatic amines is 1. The number of aryl methyl sites for hydroxylation is 1. The molecular formula is C20H22N6O6S. The highest BCUT2D eigenvalue weighted by Crippen LogP contribution is 2.23. The summed E-state index contributed by atoms with van der Waals surface area (Å²) in [4.78, 5) is 55.5. The van der Waals surface area contributed by atoms with Crippen LogP contribution >= 0.6 is 11.3 Å². The number of hydrogen-bond donors (Lipinski definition) is 4. The first-order valence-electron chi connectivity index (χ1n) is 10.0. The number of anilines is 1. The van der Waals surface area contributed by atoms with Crippen molar-refractivity contribution in [3.63, 3.8) is 0 Å². The highest BCUT2D eigenvalue weighted by atomic mass is 32.1. The number of aliphatic carboxylic acids is 2. The van der Waals surface area contributed by atoms with Gasteiger partial charge < -0.3 is 25.4 Å². The van der Waals surface area contributed by atoms with Crippen molar-refractivity contribution < 1.29 is 24.6 Å². The zero-order valence-electron chi connectivity index (χ0n) is 17.9. The van der Waals surface area contributed by atoms with Crippen LogP contribution in [0.5, 0.6) is 0 Å². The van der Waals surface area contributed by atoms with Crippen LogP contribution < -0.4 is 15.8 Å². The molecule has 3 rings (SSSR count). The van der Waals surface area contributed by atoms with Crippen molar-refractivity contribution in [1.82, 2.24) is 25.5 Å². The third-order valence-electron chi connectivity index (χ3n) is 4.77. The van der Waals surface area contributed by atoms with E-state index in [4.69, 9.17) is 5.11 Å². The molecule has 0 unspecified atom stereocenters. The Morgan fingerprint density at radius 1 is 1.24 bits per heavy atom. The lowest BCUT2D eigenvalue weighted by atomic mass is 10.1. The molecule has 174 valence electrons. The standard InChI is InChI=1S/C20H22N6O6S/c1-3-26(9-11-4-5-13-12(8-11)16(29)22-10(2)21-13)20-25-24-18(33-20)17(30)23-14(19(31)32)6-7-15(27)28/h4-5,8,14H,3,6-7,9H2,1-2H3,(H,23,30)(H,27,28)(H,31,32)(H,21,22,29)/t14-/m1/s1. The molecule has 0 spiro atoms. The summed E-state index contributed by atoms with van der Waals surface area (Å²) >= 11 is 0.982. The van der Waals surface area contributed by atoms with E-state index in [-0.39, 0.29) is 17.0 Å². The zero-order valence-corrected chi connectivity index (χ0v) is 18.7. The molecule has 12 nitrogen and oxygen atoms in total. The number of rotatable bonds is 10. The van der Waals surface area contributed by atoms with Gasteiger partial charge in [0.1, 0.15) is 11.9 Å². The summed E-state index contributed by atoms with van der Waals surface area (Å²) in [5, 5.41) is 29.0. The van der Waals surface area contributed by atoms with Gasteiger partial charge in [0, 0.05) is 19.5 Å². The van der Waals surface area contributed by atoms with Crippen molar-refractivity contribution >= 4 is 45.2 Å². The first kappa shape index (κ1) is 23.8. The van der Waals surface area contributed by atoms with Gasteiger partial charge in [0.05, 0.1) is 10.9 Å². The number of hydrogen-bond acceptors (Lipinski definition) is 9. The van der Waals surface area contributed by atoms with Crippen LogP contribution in [-0.2, 0) is 16.1 Å². The number of carboxylic acid groups (broad SMARTS) is 2. The average Bonchev–Trinajstić information content (AvgIpc) is 3.25. The van der Waals surface area contributed by atoms with Gasteiger partial charge in [-0.1, -0.05) is 17.4 Å². The largest absolute Gasteiger partial charge is 0.481 e. The minimum absolute atomic E-state index is 0.0420. The summed E-state index contributed by atoms with van der Waals surface area (Å²) in [6.07, 6.45) is -0.648. The topological polar surface area (TPSA) is 178 Å². The fraction of sp³-hybridized carbons (Fsp3) is 0.350. The Bertz CT molecular complexity index is 1260. The molecule has 0 saturated carbocycles. The lowest BCUT2D eigenvalue weighted by Gasteiger charge is -2.19. The zero-order chi connectivity index (χ0) is 24.1. The van der Waals surface area contributed by atoms with Crippen LogP contribution in [-0.4, -0.2) is 60.8 Å². The van der Waals surface area contributed by atoms with Crippen molar-refractivity contribution in [2.45, 2.75) is 39.3 Å². The maximum absolute atomic E-state index is 12.4. The van der Waals surface area contributed by atoms with E-state index >= 15 is 0 Å². The van der Waals surface area contributed by atoms with Gasteiger partial charge in [-0.05, 0) is 38.0 Å². The number of aromatic nitrogens is 4. The molecule has 0 aliphatic rings. The van der Waals surface area contributed by atoms with Crippen LogP contribution in [0.3, 0.4) is 0 Å². The third kappa shape index (κ3) is 5.88. The molecule has 0 fully saturated rings. The SMILES string of the molecule is CCN(Cc1ccc2nc(C)[nH]c(=O)c2c1)c1nnc(C(=O)N[C@H](CCC(=O)O)C(=O)O)s1. The number of fused-ring (bicyclic) bond motifs is 1. The molecule has 1 atom stereocenters. The lowest BCUT2D eigenvalue weighted by molar-refractivity contribution is -0.140. The fourth-order valence-electron chi connectivity index (χ4n) is 3.12. The van der Waals surface area contributed by atoms with Gasteiger partial charge in [0.25, 0.3) is 11.5 Å². The Hall–Kier alpha value is -3.87. The third-order valence-corrected chi connectivity index (χ3v) is 5.76. The Kier molecular flexibility index (Phi) is 7.33. The molecular weight excluding hydrogens is 452 g/mol. The molecule has 1 amide bonds. The minimum atomic E-state index is -1.35. The fourth-order valence-corrected chi connectivity index (χ4v) is 3.93. The molecule has 0 saturated heterocycles. The van der Waals surface area contributed by atoms with Crippen molar-refractivity contribution in [3.8, 4) is 0 Å². The summed E-state index contributed by atoms with van der Waals surface area (Å²) in [5.41, 5.74) is 1.20. The number of amides is 1. The highest BCUT2D eigenvalue weighted by molar-refractivity contribution is 7.17. The average molecular weight is 474 g/mol. The van der Waals surface area contributed by atoms with Gasteiger partial charge in [-0.2, -0.15) is 0 Å². The number of nitrogens with one attached hydrogen (secondary N) is 2. The molecule has 0 bridgehead atoms. The number of carbonyl (C=O) groups excluding carboxylic acids is 1. The smallest absolute Gasteiger partial charge is 0.326 e. The van der Waals surface area contributed by atoms with Crippen molar-refractivity contribution in [1.29, 1.82) is 0 Å². The monoisotopic (exact) mass is 474 g/mol. The van der Waals surface area contributed by atoms with Gasteiger partial charge >= 0.3 is 11.9 Å². The van der Waals surface area contributed by atoms with E-state index in [2.05, 4.69) is 25.5 Å². The maximum Gasteiger partial charge on any atom is 0.326 e. The predicted molar refractivity (Wildman–Crippen MR) is 119 cm³/mol. The highest BCUT2D eigenvalue weighted by Gasteiger charge is 2.24. The second-order valence-corrected chi connectivity index (χ2v) is 8.16. The lowest BCUT2D eigenvalue weighted by Crippen LogP contribution is -2.41. The second-order valence-electron chi connectivity index (χ2n) is 7.20. The number of benzene rings is 1. The van der Waals surface area contributed by atoms with Crippen LogP contribution in [0.25, 0.3) is 10.9 Å². The van der Waals surface area contributed by atoms with Crippen LogP contribution in [0.1, 0.15) is 41.0 Å². The van der Waals surface area contributed by atoms with Gasteiger partial charge in [-0.15, -0.1) is 10.2 Å². The number of H-pyrrole nitrogens is 1. The maximum atomic E-state index is 12.4. The molecule has 13 heteroatoms. The second kappa shape index (κ2) is 10.2. The van der Waals surface area contributed by atoms with Gasteiger partial charge in [0.15, 0.2) is 0 Å². The summed E-state index contributed by atoms with van der Waals surface area (Å²) in [5.74, 6) is -2.70. The van der Waals surface area contributed by atoms with Crippen molar-refractivity contribution in [2.75, 3.05) is 11.4 Å². The normalized spacial score (nSPS) is 11.8. The molecule has 3 aromatic rings. The van der Waals surface area contributed by atoms with Crippen LogP contribution in [0.2, 0.25) is 0 Å². The molecule has 0 aliphatic carbocycles. The number of nitrogens with zero attached hydrogens (tertiary/aromatic N) is 4. The van der Waals surface area contributed by atoms with Crippen LogP contribution in [0.15, 0.2) is 23.0 Å². The Labute approximate surface area is 191 Å². The van der Waals surface area contributed by atoms with E-state index in [0.29, 0.717) is 34.9 Å². The predicted octanol–water partition coefficient (Wildman–Crippen LogP) is 1.16. The quantitative estimate of drug-likeness (QED) is 0.333. The molecule has 2 heterocycles. The van der Waals surface area contributed by atoms with Gasteiger partial charge in [-0.3, -0.25) is 14.4 Å². The summed E-state index contributed by atoms with van der Waals surface area (Å²) in [7, 11) is 0. The van der Waals surface area contributed by atoms with Gasteiger partial charge in [0.2, 0.25) is 10.1 Å². The van der Waals surface area contributed by atoms with E-state index in [1.807, 2.05) is 17.9 Å². The molecule has 33 heavy (non-hydrogen) atoms. The minimum Gasteiger partial charge on any atom is -0.481 e.